The third-order valence-corrected chi connectivity index (χ3v) is 5.53. The first kappa shape index (κ1) is 18.6. The van der Waals surface area contributed by atoms with Crippen molar-refractivity contribution < 1.29 is 13.2 Å². The molecule has 0 bridgehead atoms. The fraction of sp³-hybridized carbons (Fsp3) is 0. The van der Waals surface area contributed by atoms with Crippen LogP contribution < -0.4 is 5.14 Å². The van der Waals surface area contributed by atoms with Gasteiger partial charge in [-0.2, -0.15) is 0 Å². The second kappa shape index (κ2) is 7.21. The Hall–Kier alpha value is -2.18. The van der Waals surface area contributed by atoms with E-state index in [0.717, 1.165) is 11.6 Å². The Bertz CT molecular complexity index is 1100. The molecule has 0 unspecified atom stereocenters. The van der Waals surface area contributed by atoms with Gasteiger partial charge in [-0.3, -0.25) is 4.79 Å². The Morgan fingerprint density at radius 2 is 1.54 bits per heavy atom. The Morgan fingerprint density at radius 1 is 0.846 bits per heavy atom. The zero-order valence-corrected chi connectivity index (χ0v) is 15.6. The number of rotatable bonds is 4. The number of carbonyl (C=O) groups excluding carboxylic acids is 1. The number of halogens is 2. The van der Waals surface area contributed by atoms with Crippen molar-refractivity contribution in [2.45, 2.75) is 4.90 Å². The van der Waals surface area contributed by atoms with Gasteiger partial charge in [0.15, 0.2) is 5.78 Å². The number of carbonyl (C=O) groups is 1. The monoisotopic (exact) mass is 405 g/mol. The van der Waals surface area contributed by atoms with Crippen LogP contribution >= 0.6 is 23.2 Å². The average Bonchev–Trinajstić information content (AvgIpc) is 2.61. The topological polar surface area (TPSA) is 77.2 Å². The predicted octanol–water partition coefficient (Wildman–Crippen LogP) is 4.54. The van der Waals surface area contributed by atoms with Gasteiger partial charge in [0, 0.05) is 11.1 Å². The summed E-state index contributed by atoms with van der Waals surface area (Å²) in [5.74, 6) is -0.420. The molecule has 3 aromatic rings. The predicted molar refractivity (Wildman–Crippen MR) is 103 cm³/mol. The highest BCUT2D eigenvalue weighted by molar-refractivity contribution is 7.89. The van der Waals surface area contributed by atoms with Crippen LogP contribution in [-0.2, 0) is 10.0 Å². The molecule has 0 saturated heterocycles. The van der Waals surface area contributed by atoms with E-state index in [1.807, 2.05) is 30.3 Å². The zero-order valence-electron chi connectivity index (χ0n) is 13.3. The first-order valence-corrected chi connectivity index (χ1v) is 9.80. The van der Waals surface area contributed by atoms with E-state index in [2.05, 4.69) is 0 Å². The molecule has 0 spiro atoms. The first-order chi connectivity index (χ1) is 12.3. The van der Waals surface area contributed by atoms with E-state index in [-0.39, 0.29) is 26.1 Å². The minimum Gasteiger partial charge on any atom is -0.289 e. The van der Waals surface area contributed by atoms with E-state index >= 15 is 0 Å². The van der Waals surface area contributed by atoms with Gasteiger partial charge in [-0.1, -0.05) is 65.7 Å². The quantitative estimate of drug-likeness (QED) is 0.647. The van der Waals surface area contributed by atoms with Crippen molar-refractivity contribution >= 4 is 39.0 Å². The van der Waals surface area contributed by atoms with Crippen LogP contribution in [0.5, 0.6) is 0 Å². The minimum absolute atomic E-state index is 0.0495. The van der Waals surface area contributed by atoms with Gasteiger partial charge < -0.3 is 0 Å². The average molecular weight is 406 g/mol. The van der Waals surface area contributed by atoms with E-state index < -0.39 is 15.8 Å². The van der Waals surface area contributed by atoms with E-state index in [1.165, 1.54) is 12.1 Å². The summed E-state index contributed by atoms with van der Waals surface area (Å²) in [7, 11) is -4.06. The van der Waals surface area contributed by atoms with Gasteiger partial charge in [-0.15, -0.1) is 0 Å². The second-order valence-corrected chi connectivity index (χ2v) is 7.89. The number of sulfonamides is 1. The molecule has 3 rings (SSSR count). The van der Waals surface area contributed by atoms with Crippen LogP contribution in [0.2, 0.25) is 10.0 Å². The number of hydrogen-bond donors (Lipinski definition) is 1. The van der Waals surface area contributed by atoms with Gasteiger partial charge in [-0.05, 0) is 35.4 Å². The summed E-state index contributed by atoms with van der Waals surface area (Å²) in [5.41, 5.74) is 1.88. The molecule has 2 N–H and O–H groups in total. The summed E-state index contributed by atoms with van der Waals surface area (Å²) < 4.78 is 23.4. The number of benzene rings is 3. The summed E-state index contributed by atoms with van der Waals surface area (Å²) in [5, 5.41) is 5.38. The molecule has 0 fully saturated rings. The molecular formula is C19H13Cl2NO3S. The molecule has 0 amide bonds. The van der Waals surface area contributed by atoms with Gasteiger partial charge in [0.1, 0.15) is 4.90 Å². The highest BCUT2D eigenvalue weighted by Crippen LogP contribution is 2.32. The van der Waals surface area contributed by atoms with Crippen molar-refractivity contribution in [1.82, 2.24) is 0 Å². The lowest BCUT2D eigenvalue weighted by Crippen LogP contribution is -2.14. The first-order valence-electron chi connectivity index (χ1n) is 7.50. The summed E-state index contributed by atoms with van der Waals surface area (Å²) >= 11 is 12.2. The summed E-state index contributed by atoms with van der Waals surface area (Å²) in [6, 6.07) is 18.4. The maximum absolute atomic E-state index is 13.1. The van der Waals surface area contributed by atoms with Gasteiger partial charge in [0.2, 0.25) is 10.0 Å². The normalized spacial score (nSPS) is 11.3. The maximum atomic E-state index is 13.1. The van der Waals surface area contributed by atoms with Gasteiger partial charge >= 0.3 is 0 Å². The Morgan fingerprint density at radius 3 is 2.19 bits per heavy atom. The third kappa shape index (κ3) is 3.66. The Labute approximate surface area is 161 Å². The second-order valence-electron chi connectivity index (χ2n) is 5.55. The lowest BCUT2D eigenvalue weighted by molar-refractivity contribution is 0.103. The number of primary sulfonamides is 1. The molecule has 0 aliphatic carbocycles. The molecular weight excluding hydrogens is 393 g/mol. The van der Waals surface area contributed by atoms with Crippen LogP contribution in [0.4, 0.5) is 0 Å². The van der Waals surface area contributed by atoms with Crippen LogP contribution in [-0.4, -0.2) is 14.2 Å². The van der Waals surface area contributed by atoms with Crippen molar-refractivity contribution in [3.63, 3.8) is 0 Å². The molecule has 26 heavy (non-hydrogen) atoms. The molecule has 3 aromatic carbocycles. The fourth-order valence-corrected chi connectivity index (χ4v) is 3.95. The summed E-state index contributed by atoms with van der Waals surface area (Å²) in [6.45, 7) is 0. The molecule has 0 aromatic heterocycles. The molecule has 0 aliphatic heterocycles. The molecule has 4 nitrogen and oxygen atoms in total. The van der Waals surface area contributed by atoms with Crippen molar-refractivity contribution in [2.24, 2.45) is 5.14 Å². The molecule has 0 saturated carbocycles. The molecule has 0 heterocycles. The van der Waals surface area contributed by atoms with Crippen LogP contribution in [0.1, 0.15) is 15.9 Å². The number of ketones is 1. The van der Waals surface area contributed by atoms with Crippen LogP contribution in [0.25, 0.3) is 11.1 Å². The van der Waals surface area contributed by atoms with E-state index in [4.69, 9.17) is 28.3 Å². The van der Waals surface area contributed by atoms with Gasteiger partial charge in [0.05, 0.1) is 10.0 Å². The zero-order chi connectivity index (χ0) is 18.9. The van der Waals surface area contributed by atoms with Crippen molar-refractivity contribution in [2.75, 3.05) is 0 Å². The third-order valence-electron chi connectivity index (χ3n) is 3.83. The molecule has 132 valence electrons. The fourth-order valence-electron chi connectivity index (χ4n) is 2.62. The maximum Gasteiger partial charge on any atom is 0.239 e. The van der Waals surface area contributed by atoms with Crippen LogP contribution in [0, 0.1) is 0 Å². The molecule has 0 atom stereocenters. The standard InChI is InChI=1S/C19H13Cl2NO3S/c20-15-10-9-13(11-17(15)26(22,24)25)19(23)18-14(7-4-8-16(18)21)12-5-2-1-3-6-12/h1-11H,(H2,22,24,25). The number of nitrogens with two attached hydrogens (primary N) is 1. The van der Waals surface area contributed by atoms with Crippen molar-refractivity contribution in [1.29, 1.82) is 0 Å². The highest BCUT2D eigenvalue weighted by atomic mass is 35.5. The summed E-state index contributed by atoms with van der Waals surface area (Å²) in [6.07, 6.45) is 0. The van der Waals surface area contributed by atoms with Crippen molar-refractivity contribution in [3.8, 4) is 11.1 Å². The largest absolute Gasteiger partial charge is 0.289 e. The van der Waals surface area contributed by atoms with E-state index in [9.17, 15) is 13.2 Å². The van der Waals surface area contributed by atoms with Crippen molar-refractivity contribution in [3.05, 3.63) is 87.9 Å². The van der Waals surface area contributed by atoms with Gasteiger partial charge in [-0.25, -0.2) is 13.6 Å². The van der Waals surface area contributed by atoms with E-state index in [0.29, 0.717) is 5.56 Å². The molecule has 0 radical (unpaired) electrons. The SMILES string of the molecule is NS(=O)(=O)c1cc(C(=O)c2c(Cl)cccc2-c2ccccc2)ccc1Cl. The smallest absolute Gasteiger partial charge is 0.239 e. The summed E-state index contributed by atoms with van der Waals surface area (Å²) in [4.78, 5) is 12.8. The lowest BCUT2D eigenvalue weighted by Gasteiger charge is -2.12. The minimum atomic E-state index is -4.06. The Kier molecular flexibility index (Phi) is 5.16. The van der Waals surface area contributed by atoms with Crippen LogP contribution in [0.15, 0.2) is 71.6 Å². The van der Waals surface area contributed by atoms with Crippen LogP contribution in [0.3, 0.4) is 0 Å². The number of hydrogen-bond acceptors (Lipinski definition) is 3. The lowest BCUT2D eigenvalue weighted by atomic mass is 9.94. The molecule has 0 aliphatic rings. The molecule has 7 heteroatoms. The van der Waals surface area contributed by atoms with Gasteiger partial charge in [0.25, 0.3) is 0 Å². The van der Waals surface area contributed by atoms with E-state index in [1.54, 1.807) is 18.2 Å². The Balaban J connectivity index is 2.19. The highest BCUT2D eigenvalue weighted by Gasteiger charge is 2.21.